The quantitative estimate of drug-likeness (QED) is 0.540. The minimum absolute atomic E-state index is 0.0187. The fraction of sp³-hybridized carbons (Fsp3) is 0.182. The number of rotatable bonds is 7. The first-order valence-corrected chi connectivity index (χ1v) is 11.5. The molecular weight excluding hydrogens is 446 g/mol. The van der Waals surface area contributed by atoms with E-state index in [0.29, 0.717) is 5.69 Å². The molecule has 4 rings (SSSR count). The number of amides is 2. The Morgan fingerprint density at radius 2 is 1.73 bits per heavy atom. The van der Waals surface area contributed by atoms with Crippen LogP contribution in [0.5, 0.6) is 0 Å². The van der Waals surface area contributed by atoms with Crippen LogP contribution in [0.4, 0.5) is 11.6 Å². The SMILES string of the molecule is O=C(Nc1ccc(S(=O)(=O)Nc2ncccn2)cc1)[C@@H]1COCC(=O)N1Cc1ccccc1. The van der Waals surface area contributed by atoms with Crippen molar-refractivity contribution in [3.05, 3.63) is 78.6 Å². The fourth-order valence-corrected chi connectivity index (χ4v) is 4.23. The minimum atomic E-state index is -3.89. The topological polar surface area (TPSA) is 131 Å². The van der Waals surface area contributed by atoms with Gasteiger partial charge in [-0.25, -0.2) is 23.1 Å². The van der Waals surface area contributed by atoms with Gasteiger partial charge in [0.2, 0.25) is 17.8 Å². The highest BCUT2D eigenvalue weighted by Gasteiger charge is 2.34. The second kappa shape index (κ2) is 9.76. The summed E-state index contributed by atoms with van der Waals surface area (Å²) >= 11 is 0. The molecule has 1 aromatic heterocycles. The first-order valence-electron chi connectivity index (χ1n) is 10.0. The Labute approximate surface area is 190 Å². The molecule has 2 N–H and O–H groups in total. The van der Waals surface area contributed by atoms with Crippen molar-refractivity contribution in [3.63, 3.8) is 0 Å². The highest BCUT2D eigenvalue weighted by molar-refractivity contribution is 7.92. The van der Waals surface area contributed by atoms with Crippen LogP contribution in [-0.2, 0) is 30.9 Å². The van der Waals surface area contributed by atoms with Crippen molar-refractivity contribution in [3.8, 4) is 0 Å². The van der Waals surface area contributed by atoms with Crippen LogP contribution in [0.25, 0.3) is 0 Å². The molecule has 1 aliphatic rings. The third-order valence-corrected chi connectivity index (χ3v) is 6.26. The molecule has 10 nitrogen and oxygen atoms in total. The Kier molecular flexibility index (Phi) is 6.61. The number of sulfonamides is 1. The molecule has 33 heavy (non-hydrogen) atoms. The molecule has 3 aromatic rings. The summed E-state index contributed by atoms with van der Waals surface area (Å²) in [5.74, 6) is -0.748. The lowest BCUT2D eigenvalue weighted by Crippen LogP contribution is -2.54. The van der Waals surface area contributed by atoms with E-state index in [9.17, 15) is 18.0 Å². The Morgan fingerprint density at radius 3 is 2.42 bits per heavy atom. The summed E-state index contributed by atoms with van der Waals surface area (Å²) in [6.45, 7) is 0.269. The van der Waals surface area contributed by atoms with Gasteiger partial charge >= 0.3 is 0 Å². The molecule has 0 radical (unpaired) electrons. The second-order valence-electron chi connectivity index (χ2n) is 7.23. The number of anilines is 2. The van der Waals surface area contributed by atoms with E-state index < -0.39 is 22.0 Å². The van der Waals surface area contributed by atoms with Gasteiger partial charge in [-0.2, -0.15) is 0 Å². The average Bonchev–Trinajstić information content (AvgIpc) is 2.82. The lowest BCUT2D eigenvalue weighted by molar-refractivity contribution is -0.154. The van der Waals surface area contributed by atoms with Crippen molar-refractivity contribution in [2.45, 2.75) is 17.5 Å². The van der Waals surface area contributed by atoms with E-state index in [4.69, 9.17) is 4.74 Å². The van der Waals surface area contributed by atoms with Gasteiger partial charge in [0, 0.05) is 24.6 Å². The van der Waals surface area contributed by atoms with Crippen molar-refractivity contribution < 1.29 is 22.7 Å². The van der Waals surface area contributed by atoms with Gasteiger partial charge in [-0.3, -0.25) is 9.59 Å². The normalized spacial score (nSPS) is 16.3. The molecular formula is C22H21N5O5S. The third kappa shape index (κ3) is 5.51. The van der Waals surface area contributed by atoms with Gasteiger partial charge < -0.3 is 15.0 Å². The minimum Gasteiger partial charge on any atom is -0.369 e. The van der Waals surface area contributed by atoms with Crippen molar-refractivity contribution in [2.75, 3.05) is 23.3 Å². The van der Waals surface area contributed by atoms with Crippen LogP contribution < -0.4 is 10.0 Å². The zero-order chi connectivity index (χ0) is 23.3. The largest absolute Gasteiger partial charge is 0.369 e. The number of aromatic nitrogens is 2. The first kappa shape index (κ1) is 22.4. The van der Waals surface area contributed by atoms with E-state index in [-0.39, 0.29) is 36.5 Å². The van der Waals surface area contributed by atoms with Gasteiger partial charge in [-0.15, -0.1) is 0 Å². The van der Waals surface area contributed by atoms with Crippen molar-refractivity contribution in [1.82, 2.24) is 14.9 Å². The lowest BCUT2D eigenvalue weighted by Gasteiger charge is -2.34. The number of benzene rings is 2. The third-order valence-electron chi connectivity index (χ3n) is 4.92. The molecule has 170 valence electrons. The monoisotopic (exact) mass is 467 g/mol. The summed E-state index contributed by atoms with van der Waals surface area (Å²) in [4.78, 5) is 34.5. The predicted molar refractivity (Wildman–Crippen MR) is 120 cm³/mol. The van der Waals surface area contributed by atoms with E-state index >= 15 is 0 Å². The smallest absolute Gasteiger partial charge is 0.264 e. The van der Waals surface area contributed by atoms with Crippen LogP contribution >= 0.6 is 0 Å². The maximum atomic E-state index is 12.9. The van der Waals surface area contributed by atoms with Crippen molar-refractivity contribution in [2.24, 2.45) is 0 Å². The number of morpholine rings is 1. The average molecular weight is 468 g/mol. The maximum absolute atomic E-state index is 12.9. The summed E-state index contributed by atoms with van der Waals surface area (Å²) in [6.07, 6.45) is 2.84. The van der Waals surface area contributed by atoms with E-state index in [1.165, 1.54) is 41.6 Å². The van der Waals surface area contributed by atoms with Crippen molar-refractivity contribution in [1.29, 1.82) is 0 Å². The molecule has 0 aliphatic carbocycles. The predicted octanol–water partition coefficient (Wildman–Crippen LogP) is 1.64. The second-order valence-corrected chi connectivity index (χ2v) is 8.91. The highest BCUT2D eigenvalue weighted by atomic mass is 32.2. The van der Waals surface area contributed by atoms with Crippen LogP contribution in [0.1, 0.15) is 5.56 Å². The number of nitrogens with one attached hydrogen (secondary N) is 2. The van der Waals surface area contributed by atoms with Crippen LogP contribution in [-0.4, -0.2) is 54.4 Å². The number of ether oxygens (including phenoxy) is 1. The lowest BCUT2D eigenvalue weighted by atomic mass is 10.1. The summed E-state index contributed by atoms with van der Waals surface area (Å²) < 4.78 is 32.6. The van der Waals surface area contributed by atoms with Crippen molar-refractivity contribution >= 4 is 33.5 Å². The molecule has 0 bridgehead atoms. The molecule has 1 aliphatic heterocycles. The van der Waals surface area contributed by atoms with Gasteiger partial charge in [0.05, 0.1) is 11.5 Å². The van der Waals surface area contributed by atoms with Crippen LogP contribution in [0.2, 0.25) is 0 Å². The van der Waals surface area contributed by atoms with E-state index in [0.717, 1.165) is 5.56 Å². The van der Waals surface area contributed by atoms with E-state index in [1.807, 2.05) is 30.3 Å². The Balaban J connectivity index is 1.44. The molecule has 1 atom stereocenters. The van der Waals surface area contributed by atoms with Gasteiger partial charge in [0.15, 0.2) is 0 Å². The Morgan fingerprint density at radius 1 is 1.03 bits per heavy atom. The molecule has 2 heterocycles. The Hall–Kier alpha value is -3.83. The number of hydrogen-bond donors (Lipinski definition) is 2. The molecule has 1 fully saturated rings. The number of nitrogens with zero attached hydrogens (tertiary/aromatic N) is 3. The summed E-state index contributed by atoms with van der Waals surface area (Å²) in [5.41, 5.74) is 1.28. The van der Waals surface area contributed by atoms with Gasteiger partial charge in [0.1, 0.15) is 12.6 Å². The molecule has 11 heteroatoms. The Bertz CT molecular complexity index is 1220. The van der Waals surface area contributed by atoms with E-state index in [2.05, 4.69) is 20.0 Å². The van der Waals surface area contributed by atoms with Gasteiger partial charge in [-0.05, 0) is 35.9 Å². The summed E-state index contributed by atoms with van der Waals surface area (Å²) in [6, 6.07) is 15.8. The zero-order valence-electron chi connectivity index (χ0n) is 17.4. The molecule has 0 saturated carbocycles. The molecule has 2 amide bonds. The standard InChI is InChI=1S/C22H21N5O5S/c28-20-15-32-14-19(27(20)13-16-5-2-1-3-6-16)21(29)25-17-7-9-18(10-8-17)33(30,31)26-22-23-11-4-12-24-22/h1-12,19H,13-15H2,(H,25,29)(H,23,24,26)/t19-/m0/s1. The number of hydrogen-bond acceptors (Lipinski definition) is 7. The van der Waals surface area contributed by atoms with Crippen LogP contribution in [0, 0.1) is 0 Å². The van der Waals surface area contributed by atoms with Crippen LogP contribution in [0.15, 0.2) is 78.0 Å². The first-order chi connectivity index (χ1) is 15.9. The fourth-order valence-electron chi connectivity index (χ4n) is 3.27. The highest BCUT2D eigenvalue weighted by Crippen LogP contribution is 2.19. The zero-order valence-corrected chi connectivity index (χ0v) is 18.2. The molecule has 1 saturated heterocycles. The number of carbonyl (C=O) groups excluding carboxylic acids is 2. The molecule has 0 unspecified atom stereocenters. The number of carbonyl (C=O) groups is 2. The summed E-state index contributed by atoms with van der Waals surface area (Å²) in [5, 5.41) is 2.72. The van der Waals surface area contributed by atoms with Gasteiger partial charge in [-0.1, -0.05) is 30.3 Å². The maximum Gasteiger partial charge on any atom is 0.264 e. The molecule has 2 aromatic carbocycles. The van der Waals surface area contributed by atoms with E-state index in [1.54, 1.807) is 6.07 Å². The molecule has 0 spiro atoms. The van der Waals surface area contributed by atoms with Crippen LogP contribution in [0.3, 0.4) is 0 Å². The van der Waals surface area contributed by atoms with Gasteiger partial charge in [0.25, 0.3) is 10.0 Å². The summed E-state index contributed by atoms with van der Waals surface area (Å²) in [7, 11) is -3.89.